The molecule has 0 aliphatic heterocycles. The Morgan fingerprint density at radius 3 is 2.09 bits per heavy atom. The van der Waals surface area contributed by atoms with Crippen molar-refractivity contribution in [3.05, 3.63) is 71.9 Å². The standard InChI is InChI=1S/C30H33N4O/c1-18-12-14-20-21-17-19(26-31-27(29(2,3)4)33-28(32-26)30(5,6)7)13-15-23(21)35-25(20)24(18)22-11-9-10-16-34(22)8/h9-17H,1-8H3/q+1. The largest absolute Gasteiger partial charge is 0.455 e. The van der Waals surface area contributed by atoms with E-state index >= 15 is 0 Å². The molecule has 0 unspecified atom stereocenters. The van der Waals surface area contributed by atoms with E-state index in [1.165, 1.54) is 5.56 Å². The Bertz CT molecular complexity index is 1550. The second-order valence-corrected chi connectivity index (χ2v) is 11.5. The number of pyridine rings is 1. The number of hydrogen-bond acceptors (Lipinski definition) is 4. The molecule has 0 aliphatic carbocycles. The van der Waals surface area contributed by atoms with Crippen LogP contribution in [0.2, 0.25) is 0 Å². The number of aryl methyl sites for hydroxylation is 2. The van der Waals surface area contributed by atoms with Gasteiger partial charge in [0.25, 0.3) is 0 Å². The number of aromatic nitrogens is 4. The fourth-order valence-corrected chi connectivity index (χ4v) is 4.35. The summed E-state index contributed by atoms with van der Waals surface area (Å²) >= 11 is 0. The summed E-state index contributed by atoms with van der Waals surface area (Å²) < 4.78 is 8.59. The predicted octanol–water partition coefficient (Wildman–Crippen LogP) is 6.83. The van der Waals surface area contributed by atoms with E-state index in [0.29, 0.717) is 5.82 Å². The van der Waals surface area contributed by atoms with Gasteiger partial charge in [-0.15, -0.1) is 0 Å². The molecule has 3 aromatic heterocycles. The van der Waals surface area contributed by atoms with Gasteiger partial charge in [-0.2, -0.15) is 0 Å². The van der Waals surface area contributed by atoms with Crippen molar-refractivity contribution in [2.45, 2.75) is 59.3 Å². The molecule has 0 radical (unpaired) electrons. The maximum atomic E-state index is 6.45. The first-order valence-electron chi connectivity index (χ1n) is 12.1. The second-order valence-electron chi connectivity index (χ2n) is 11.5. The van der Waals surface area contributed by atoms with E-state index in [2.05, 4.69) is 96.6 Å². The lowest BCUT2D eigenvalue weighted by Crippen LogP contribution is -2.30. The second kappa shape index (κ2) is 7.98. The Morgan fingerprint density at radius 1 is 0.771 bits per heavy atom. The summed E-state index contributed by atoms with van der Waals surface area (Å²) in [4.78, 5) is 14.6. The molecular weight excluding hydrogens is 432 g/mol. The van der Waals surface area contributed by atoms with Gasteiger partial charge in [-0.05, 0) is 36.8 Å². The minimum absolute atomic E-state index is 0.179. The number of benzene rings is 2. The number of fused-ring (bicyclic) bond motifs is 3. The quantitative estimate of drug-likeness (QED) is 0.268. The van der Waals surface area contributed by atoms with Gasteiger partial charge in [-0.25, -0.2) is 19.5 Å². The highest BCUT2D eigenvalue weighted by molar-refractivity contribution is 6.10. The summed E-state index contributed by atoms with van der Waals surface area (Å²) in [6.45, 7) is 15.0. The fourth-order valence-electron chi connectivity index (χ4n) is 4.35. The van der Waals surface area contributed by atoms with Gasteiger partial charge in [0.15, 0.2) is 12.0 Å². The molecule has 0 fully saturated rings. The van der Waals surface area contributed by atoms with Crippen molar-refractivity contribution in [2.75, 3.05) is 0 Å². The van der Waals surface area contributed by atoms with Crippen molar-refractivity contribution in [2.24, 2.45) is 7.05 Å². The molecule has 0 N–H and O–H groups in total. The molecule has 0 atom stereocenters. The third kappa shape index (κ3) is 4.09. The molecule has 0 bridgehead atoms. The Labute approximate surface area is 206 Å². The van der Waals surface area contributed by atoms with Crippen molar-refractivity contribution < 1.29 is 8.98 Å². The highest BCUT2D eigenvalue weighted by Gasteiger charge is 2.26. The van der Waals surface area contributed by atoms with Crippen LogP contribution in [-0.4, -0.2) is 15.0 Å². The maximum absolute atomic E-state index is 6.45. The normalized spacial score (nSPS) is 12.6. The molecule has 0 spiro atoms. The van der Waals surface area contributed by atoms with Crippen LogP contribution in [0.25, 0.3) is 44.6 Å². The van der Waals surface area contributed by atoms with Crippen LogP contribution in [-0.2, 0) is 17.9 Å². The van der Waals surface area contributed by atoms with Gasteiger partial charge in [0.1, 0.15) is 29.9 Å². The average Bonchev–Trinajstić information content (AvgIpc) is 3.16. The zero-order chi connectivity index (χ0) is 25.1. The van der Waals surface area contributed by atoms with E-state index in [4.69, 9.17) is 19.4 Å². The van der Waals surface area contributed by atoms with Crippen LogP contribution in [0.1, 0.15) is 58.8 Å². The third-order valence-corrected chi connectivity index (χ3v) is 6.39. The maximum Gasteiger partial charge on any atom is 0.216 e. The van der Waals surface area contributed by atoms with Crippen molar-refractivity contribution in [1.29, 1.82) is 0 Å². The van der Waals surface area contributed by atoms with Gasteiger partial charge < -0.3 is 4.42 Å². The van der Waals surface area contributed by atoms with Gasteiger partial charge in [0.2, 0.25) is 5.69 Å². The number of hydrogen-bond donors (Lipinski definition) is 0. The fraction of sp³-hybridized carbons (Fsp3) is 0.333. The molecule has 5 rings (SSSR count). The number of nitrogens with zero attached hydrogens (tertiary/aromatic N) is 4. The molecule has 5 nitrogen and oxygen atoms in total. The molecule has 0 amide bonds. The molecule has 5 aromatic rings. The van der Waals surface area contributed by atoms with Gasteiger partial charge >= 0.3 is 0 Å². The summed E-state index contributed by atoms with van der Waals surface area (Å²) in [6.07, 6.45) is 2.06. The highest BCUT2D eigenvalue weighted by Crippen LogP contribution is 2.38. The van der Waals surface area contributed by atoms with Crippen molar-refractivity contribution >= 4 is 21.9 Å². The molecule has 0 saturated heterocycles. The van der Waals surface area contributed by atoms with E-state index in [-0.39, 0.29) is 10.8 Å². The van der Waals surface area contributed by atoms with Crippen molar-refractivity contribution in [3.8, 4) is 22.6 Å². The van der Waals surface area contributed by atoms with Crippen LogP contribution in [0.5, 0.6) is 0 Å². The summed E-state index contributed by atoms with van der Waals surface area (Å²) in [6, 6.07) is 16.8. The summed E-state index contributed by atoms with van der Waals surface area (Å²) in [5.74, 6) is 2.31. The van der Waals surface area contributed by atoms with E-state index in [9.17, 15) is 0 Å². The van der Waals surface area contributed by atoms with Gasteiger partial charge in [-0.1, -0.05) is 53.7 Å². The molecule has 2 aromatic carbocycles. The zero-order valence-electron chi connectivity index (χ0n) is 21.9. The predicted molar refractivity (Wildman–Crippen MR) is 141 cm³/mol. The first-order valence-corrected chi connectivity index (χ1v) is 12.1. The lowest BCUT2D eigenvalue weighted by molar-refractivity contribution is -0.660. The Kier molecular flexibility index (Phi) is 5.28. The van der Waals surface area contributed by atoms with Crippen LogP contribution in [0.15, 0.2) is 59.1 Å². The molecule has 0 aliphatic rings. The van der Waals surface area contributed by atoms with Gasteiger partial charge in [0, 0.05) is 39.3 Å². The monoisotopic (exact) mass is 465 g/mol. The minimum atomic E-state index is -0.179. The Hall–Kier alpha value is -3.60. The number of furan rings is 1. The van der Waals surface area contributed by atoms with Gasteiger partial charge in [-0.3, -0.25) is 0 Å². The molecule has 178 valence electrons. The third-order valence-electron chi connectivity index (χ3n) is 6.39. The molecule has 5 heteroatoms. The van der Waals surface area contributed by atoms with Crippen LogP contribution in [0, 0.1) is 6.92 Å². The van der Waals surface area contributed by atoms with E-state index < -0.39 is 0 Å². The Balaban J connectivity index is 1.75. The van der Waals surface area contributed by atoms with E-state index in [1.807, 2.05) is 18.2 Å². The van der Waals surface area contributed by atoms with E-state index in [0.717, 1.165) is 50.4 Å². The molecule has 35 heavy (non-hydrogen) atoms. The summed E-state index contributed by atoms with van der Waals surface area (Å²) in [5.41, 5.74) is 5.79. The van der Waals surface area contributed by atoms with Crippen LogP contribution >= 0.6 is 0 Å². The van der Waals surface area contributed by atoms with Crippen LogP contribution in [0.3, 0.4) is 0 Å². The van der Waals surface area contributed by atoms with Crippen molar-refractivity contribution in [1.82, 2.24) is 15.0 Å². The lowest BCUT2D eigenvalue weighted by atomic mass is 9.93. The topological polar surface area (TPSA) is 55.7 Å². The van der Waals surface area contributed by atoms with Gasteiger partial charge in [0.05, 0.1) is 5.56 Å². The van der Waals surface area contributed by atoms with Crippen molar-refractivity contribution in [3.63, 3.8) is 0 Å². The molecule has 0 saturated carbocycles. The lowest BCUT2D eigenvalue weighted by Gasteiger charge is -2.22. The summed E-state index contributed by atoms with van der Waals surface area (Å²) in [5, 5.41) is 2.15. The zero-order valence-corrected chi connectivity index (χ0v) is 21.9. The number of rotatable bonds is 2. The first-order chi connectivity index (χ1) is 16.4. The molecular formula is C30H33N4O+. The Morgan fingerprint density at radius 2 is 1.46 bits per heavy atom. The molecule has 3 heterocycles. The first kappa shape index (κ1) is 23.2. The SMILES string of the molecule is Cc1ccc2c(oc3ccc(-c4nc(C(C)(C)C)nc(C(C)(C)C)n4)cc32)c1-c1cccc[n+]1C. The summed E-state index contributed by atoms with van der Waals surface area (Å²) in [7, 11) is 2.06. The average molecular weight is 466 g/mol. The van der Waals surface area contributed by atoms with Crippen LogP contribution in [0.4, 0.5) is 0 Å². The smallest absolute Gasteiger partial charge is 0.216 e. The van der Waals surface area contributed by atoms with E-state index in [1.54, 1.807) is 0 Å². The van der Waals surface area contributed by atoms with Crippen LogP contribution < -0.4 is 4.57 Å². The minimum Gasteiger partial charge on any atom is -0.455 e. The highest BCUT2D eigenvalue weighted by atomic mass is 16.3.